The molecule has 106 valence electrons. The molecule has 0 unspecified atom stereocenters. The topological polar surface area (TPSA) is 44.8 Å². The van der Waals surface area contributed by atoms with Crippen molar-refractivity contribution in [1.82, 2.24) is 0 Å². The standard InChI is InChI=1S/C14H19ClO4/c1-11(16)13-10-12(15)4-5-14(13)19-7-3-6-18-9-8-17-2/h4-5,10H,3,6-9H2,1-2H3. The molecular weight excluding hydrogens is 268 g/mol. The van der Waals surface area contributed by atoms with Crippen LogP contribution in [-0.2, 0) is 9.47 Å². The fourth-order valence-electron chi connectivity index (χ4n) is 1.49. The number of carbonyl (C=O) groups is 1. The molecule has 0 spiro atoms. The molecule has 0 aliphatic rings. The molecule has 1 rings (SSSR count). The Labute approximate surface area is 118 Å². The molecule has 19 heavy (non-hydrogen) atoms. The maximum absolute atomic E-state index is 11.4. The lowest BCUT2D eigenvalue weighted by Gasteiger charge is -2.10. The molecule has 0 bridgehead atoms. The van der Waals surface area contributed by atoms with Crippen LogP contribution in [0.25, 0.3) is 0 Å². The van der Waals surface area contributed by atoms with Crippen LogP contribution in [0.3, 0.4) is 0 Å². The van der Waals surface area contributed by atoms with Crippen LogP contribution in [0.2, 0.25) is 5.02 Å². The van der Waals surface area contributed by atoms with E-state index in [-0.39, 0.29) is 5.78 Å². The van der Waals surface area contributed by atoms with E-state index in [0.29, 0.717) is 42.8 Å². The Hall–Kier alpha value is -1.10. The van der Waals surface area contributed by atoms with Gasteiger partial charge in [-0.1, -0.05) is 11.6 Å². The second-order valence-corrected chi connectivity index (χ2v) is 4.44. The van der Waals surface area contributed by atoms with Gasteiger partial charge in [-0.05, 0) is 25.1 Å². The van der Waals surface area contributed by atoms with E-state index in [0.717, 1.165) is 6.42 Å². The summed E-state index contributed by atoms with van der Waals surface area (Å²) < 4.78 is 15.7. The molecule has 0 fully saturated rings. The number of methoxy groups -OCH3 is 1. The molecule has 0 aliphatic carbocycles. The summed E-state index contributed by atoms with van der Waals surface area (Å²) in [5, 5.41) is 0.528. The Bertz CT molecular complexity index is 406. The summed E-state index contributed by atoms with van der Waals surface area (Å²) >= 11 is 5.85. The largest absolute Gasteiger partial charge is 0.493 e. The highest BCUT2D eigenvalue weighted by Gasteiger charge is 2.09. The first-order valence-corrected chi connectivity index (χ1v) is 6.53. The quantitative estimate of drug-likeness (QED) is 0.517. The predicted octanol–water partition coefficient (Wildman–Crippen LogP) is 2.97. The van der Waals surface area contributed by atoms with Gasteiger partial charge < -0.3 is 14.2 Å². The molecule has 4 nitrogen and oxygen atoms in total. The van der Waals surface area contributed by atoms with Crippen molar-refractivity contribution in [3.8, 4) is 5.75 Å². The van der Waals surface area contributed by atoms with Gasteiger partial charge in [0.25, 0.3) is 0 Å². The Balaban J connectivity index is 2.35. The highest BCUT2D eigenvalue weighted by Crippen LogP contribution is 2.23. The summed E-state index contributed by atoms with van der Waals surface area (Å²) in [7, 11) is 1.64. The van der Waals surface area contributed by atoms with Gasteiger partial charge in [-0.2, -0.15) is 0 Å². The van der Waals surface area contributed by atoms with Crippen molar-refractivity contribution >= 4 is 17.4 Å². The van der Waals surface area contributed by atoms with Crippen molar-refractivity contribution in [2.75, 3.05) is 33.5 Å². The van der Waals surface area contributed by atoms with Crippen LogP contribution in [0.1, 0.15) is 23.7 Å². The molecule has 0 amide bonds. The maximum atomic E-state index is 11.4. The van der Waals surface area contributed by atoms with Gasteiger partial charge in [0.05, 0.1) is 25.4 Å². The van der Waals surface area contributed by atoms with Gasteiger partial charge in [-0.25, -0.2) is 0 Å². The first-order chi connectivity index (χ1) is 9.15. The van der Waals surface area contributed by atoms with E-state index in [2.05, 4.69) is 0 Å². The fraction of sp³-hybridized carbons (Fsp3) is 0.500. The Morgan fingerprint density at radius 1 is 1.21 bits per heavy atom. The number of ketones is 1. The average Bonchev–Trinajstić information content (AvgIpc) is 2.39. The molecule has 0 radical (unpaired) electrons. The van der Waals surface area contributed by atoms with Crippen LogP contribution in [0.15, 0.2) is 18.2 Å². The van der Waals surface area contributed by atoms with Crippen molar-refractivity contribution in [3.63, 3.8) is 0 Å². The van der Waals surface area contributed by atoms with Crippen molar-refractivity contribution in [2.24, 2.45) is 0 Å². The van der Waals surface area contributed by atoms with Gasteiger partial charge in [-0.3, -0.25) is 4.79 Å². The minimum Gasteiger partial charge on any atom is -0.493 e. The van der Waals surface area contributed by atoms with Crippen molar-refractivity contribution in [2.45, 2.75) is 13.3 Å². The van der Waals surface area contributed by atoms with E-state index in [1.165, 1.54) is 6.92 Å². The summed E-state index contributed by atoms with van der Waals surface area (Å²) in [6.45, 7) is 3.76. The lowest BCUT2D eigenvalue weighted by atomic mass is 10.1. The molecule has 0 aliphatic heterocycles. The highest BCUT2D eigenvalue weighted by atomic mass is 35.5. The minimum atomic E-state index is -0.0613. The van der Waals surface area contributed by atoms with E-state index < -0.39 is 0 Å². The fourth-order valence-corrected chi connectivity index (χ4v) is 1.66. The Morgan fingerprint density at radius 2 is 2.00 bits per heavy atom. The SMILES string of the molecule is COCCOCCCOc1ccc(Cl)cc1C(C)=O. The second-order valence-electron chi connectivity index (χ2n) is 4.00. The van der Waals surface area contributed by atoms with Gasteiger partial charge in [0.15, 0.2) is 5.78 Å². The first-order valence-electron chi connectivity index (χ1n) is 6.15. The van der Waals surface area contributed by atoms with Crippen LogP contribution < -0.4 is 4.74 Å². The van der Waals surface area contributed by atoms with E-state index in [1.54, 1.807) is 25.3 Å². The highest BCUT2D eigenvalue weighted by molar-refractivity contribution is 6.31. The summed E-state index contributed by atoms with van der Waals surface area (Å²) in [5.74, 6) is 0.502. The molecule has 0 saturated heterocycles. The number of benzene rings is 1. The van der Waals surface area contributed by atoms with Gasteiger partial charge >= 0.3 is 0 Å². The lowest BCUT2D eigenvalue weighted by molar-refractivity contribution is 0.0643. The molecule has 0 heterocycles. The van der Waals surface area contributed by atoms with E-state index >= 15 is 0 Å². The molecule has 0 atom stereocenters. The number of halogens is 1. The third-order valence-corrected chi connectivity index (χ3v) is 2.68. The van der Waals surface area contributed by atoms with Crippen LogP contribution >= 0.6 is 11.6 Å². The van der Waals surface area contributed by atoms with Gasteiger partial charge in [0.1, 0.15) is 5.75 Å². The number of hydrogen-bond acceptors (Lipinski definition) is 4. The molecular formula is C14H19ClO4. The molecule has 0 N–H and O–H groups in total. The zero-order valence-electron chi connectivity index (χ0n) is 11.3. The summed E-state index contributed by atoms with van der Waals surface area (Å²) in [6.07, 6.45) is 0.754. The molecule has 1 aromatic carbocycles. The number of rotatable bonds is 9. The van der Waals surface area contributed by atoms with E-state index in [4.69, 9.17) is 25.8 Å². The summed E-state index contributed by atoms with van der Waals surface area (Å²) in [4.78, 5) is 11.4. The molecule has 0 aromatic heterocycles. The van der Waals surface area contributed by atoms with E-state index in [9.17, 15) is 4.79 Å². The number of hydrogen-bond donors (Lipinski definition) is 0. The van der Waals surface area contributed by atoms with Crippen molar-refractivity contribution in [1.29, 1.82) is 0 Å². The normalized spacial score (nSPS) is 10.5. The Kier molecular flexibility index (Phi) is 7.48. The number of carbonyl (C=O) groups excluding carboxylic acids is 1. The number of ether oxygens (including phenoxy) is 3. The predicted molar refractivity (Wildman–Crippen MR) is 74.3 cm³/mol. The van der Waals surface area contributed by atoms with Crippen LogP contribution in [0.4, 0.5) is 0 Å². The van der Waals surface area contributed by atoms with Crippen LogP contribution in [0.5, 0.6) is 5.75 Å². The average molecular weight is 287 g/mol. The van der Waals surface area contributed by atoms with Crippen LogP contribution in [-0.4, -0.2) is 39.3 Å². The number of Topliss-reactive ketones (excluding diaryl/α,β-unsaturated/α-hetero) is 1. The minimum absolute atomic E-state index is 0.0613. The summed E-state index contributed by atoms with van der Waals surface area (Å²) in [5.41, 5.74) is 0.507. The summed E-state index contributed by atoms with van der Waals surface area (Å²) in [6, 6.07) is 5.04. The Morgan fingerprint density at radius 3 is 2.68 bits per heavy atom. The monoisotopic (exact) mass is 286 g/mol. The van der Waals surface area contributed by atoms with Crippen molar-refractivity contribution < 1.29 is 19.0 Å². The van der Waals surface area contributed by atoms with E-state index in [1.807, 2.05) is 0 Å². The molecule has 5 heteroatoms. The zero-order valence-corrected chi connectivity index (χ0v) is 12.0. The lowest BCUT2D eigenvalue weighted by Crippen LogP contribution is -2.08. The van der Waals surface area contributed by atoms with Gasteiger partial charge in [0, 0.05) is 25.2 Å². The zero-order chi connectivity index (χ0) is 14.1. The smallest absolute Gasteiger partial charge is 0.163 e. The molecule has 0 saturated carbocycles. The van der Waals surface area contributed by atoms with Gasteiger partial charge in [0.2, 0.25) is 0 Å². The third kappa shape index (κ3) is 6.05. The van der Waals surface area contributed by atoms with Gasteiger partial charge in [-0.15, -0.1) is 0 Å². The third-order valence-electron chi connectivity index (χ3n) is 2.44. The second kappa shape index (κ2) is 8.91. The molecule has 1 aromatic rings. The van der Waals surface area contributed by atoms with Crippen molar-refractivity contribution in [3.05, 3.63) is 28.8 Å². The first kappa shape index (κ1) is 16.0. The maximum Gasteiger partial charge on any atom is 0.163 e. The van der Waals surface area contributed by atoms with Crippen LogP contribution in [0, 0.1) is 0 Å².